The Bertz CT molecular complexity index is 1860. The Kier molecular flexibility index (Phi) is 13.4. The van der Waals surface area contributed by atoms with Crippen molar-refractivity contribution >= 4 is 11.9 Å². The second kappa shape index (κ2) is 17.5. The van der Waals surface area contributed by atoms with Gasteiger partial charge >= 0.3 is 11.9 Å². The van der Waals surface area contributed by atoms with Crippen LogP contribution in [0.3, 0.4) is 0 Å². The number of hydrogen-bond acceptors (Lipinski definition) is 16. The minimum atomic E-state index is -1.99. The van der Waals surface area contributed by atoms with E-state index in [1.165, 1.54) is 12.5 Å². The quantitative estimate of drug-likeness (QED) is 0.117. The van der Waals surface area contributed by atoms with Gasteiger partial charge in [-0.2, -0.15) is 0 Å². The molecule has 8 rings (SSSR count). The van der Waals surface area contributed by atoms with Crippen LogP contribution in [0.1, 0.15) is 120 Å². The van der Waals surface area contributed by atoms with Gasteiger partial charge in [0.2, 0.25) is 0 Å². The molecule has 0 aromatic heterocycles. The molecule has 18 heteroatoms. The summed E-state index contributed by atoms with van der Waals surface area (Å²) in [6.45, 7) is 16.6. The number of carboxylic acid groups (broad SMARTS) is 2. The summed E-state index contributed by atoms with van der Waals surface area (Å²) < 4.78 is 36.2. The molecule has 0 bridgehead atoms. The van der Waals surface area contributed by atoms with Crippen molar-refractivity contribution in [3.05, 3.63) is 11.6 Å². The maximum Gasteiger partial charge on any atom is 0.335 e. The van der Waals surface area contributed by atoms with E-state index in [0.717, 1.165) is 44.9 Å². The number of allylic oxidation sites excluding steroid dienone is 2. The van der Waals surface area contributed by atoms with Crippen LogP contribution >= 0.6 is 0 Å². The van der Waals surface area contributed by atoms with Crippen LogP contribution in [0.5, 0.6) is 0 Å². The van der Waals surface area contributed by atoms with E-state index in [0.29, 0.717) is 19.3 Å². The summed E-state index contributed by atoms with van der Waals surface area (Å²) in [4.78, 5) is 26.1. The van der Waals surface area contributed by atoms with Crippen LogP contribution in [0, 0.1) is 50.2 Å². The number of carboxylic acids is 2. The second-order valence-electron chi connectivity index (χ2n) is 23.5. The Morgan fingerprint density at radius 3 is 1.92 bits per heavy atom. The first-order chi connectivity index (χ1) is 30.7. The van der Waals surface area contributed by atoms with Crippen LogP contribution in [0.4, 0.5) is 0 Å². The lowest BCUT2D eigenvalue weighted by Gasteiger charge is -2.71. The van der Waals surface area contributed by atoms with Gasteiger partial charge in [-0.1, -0.05) is 60.1 Å². The third-order valence-corrected chi connectivity index (χ3v) is 19.3. The van der Waals surface area contributed by atoms with Gasteiger partial charge in [-0.3, -0.25) is 4.79 Å². The standard InChI is InChI=1S/C48H76O18/c1-21-28(50)30(52)32(54)39(61-21)64-35-34(56)36(65-40-33(55)31(53)29(51)24(20-49)62-40)41(66-37(35)38(57)58)63-27-12-13-45(6)25(44(27,4)5)11-14-47(8)26(45)10-9-22-23-19-43(2,3)15-17-48(23,42(59)60)18-16-46(22,47)7/h9,21,23-37,39-41,49-56H,10-20H2,1-8H3,(H,57,58)(H,59,60)/t21-,23-,24+,25-,26+,27-,28-,29-,30+,31-,32+,33+,34-,35-,36+,37-,39-,40-,41+,45-,46+,47+,48-/m0/s1. The van der Waals surface area contributed by atoms with Crippen LogP contribution in [0.25, 0.3) is 0 Å². The molecule has 18 nitrogen and oxygen atoms in total. The molecule has 3 saturated heterocycles. The molecule has 0 amide bonds. The number of ether oxygens (including phenoxy) is 6. The first-order valence-electron chi connectivity index (χ1n) is 24.2. The zero-order valence-electron chi connectivity index (χ0n) is 39.6. The smallest absolute Gasteiger partial charge is 0.335 e. The minimum absolute atomic E-state index is 0.0201. The number of fused-ring (bicyclic) bond motifs is 7. The molecule has 0 aromatic rings. The highest BCUT2D eigenvalue weighted by Gasteiger charge is 2.70. The topological polar surface area (TPSA) is 292 Å². The fraction of sp³-hybridized carbons (Fsp3) is 0.917. The summed E-state index contributed by atoms with van der Waals surface area (Å²) >= 11 is 0. The first-order valence-corrected chi connectivity index (χ1v) is 24.2. The molecule has 376 valence electrons. The van der Waals surface area contributed by atoms with Gasteiger partial charge in [-0.25, -0.2) is 4.79 Å². The van der Waals surface area contributed by atoms with Gasteiger partial charge in [-0.05, 0) is 116 Å². The van der Waals surface area contributed by atoms with Crippen LogP contribution in [0.2, 0.25) is 0 Å². The van der Waals surface area contributed by atoms with E-state index in [1.807, 2.05) is 0 Å². The molecule has 23 atom stereocenters. The molecule has 4 saturated carbocycles. The van der Waals surface area contributed by atoms with Crippen molar-refractivity contribution in [1.29, 1.82) is 0 Å². The average Bonchev–Trinajstić information content (AvgIpc) is 3.24. The second-order valence-corrected chi connectivity index (χ2v) is 23.5. The molecular formula is C48H76O18. The highest BCUT2D eigenvalue weighted by Crippen LogP contribution is 2.76. The van der Waals surface area contributed by atoms with Crippen LogP contribution in [-0.4, -0.2) is 168 Å². The van der Waals surface area contributed by atoms with Crippen molar-refractivity contribution in [1.82, 2.24) is 0 Å². The predicted molar refractivity (Wildman–Crippen MR) is 230 cm³/mol. The van der Waals surface area contributed by atoms with Gasteiger partial charge in [-0.15, -0.1) is 0 Å². The highest BCUT2D eigenvalue weighted by molar-refractivity contribution is 5.76. The summed E-state index contributed by atoms with van der Waals surface area (Å²) in [5.74, 6) is -1.93. The third kappa shape index (κ3) is 7.74. The average molecular weight is 941 g/mol. The Hall–Kier alpha value is -1.88. The number of carbonyl (C=O) groups is 2. The fourth-order valence-corrected chi connectivity index (χ4v) is 15.1. The largest absolute Gasteiger partial charge is 0.481 e. The van der Waals surface area contributed by atoms with E-state index in [4.69, 9.17) is 28.4 Å². The molecule has 3 heterocycles. The normalized spacial score (nSPS) is 53.3. The first kappa shape index (κ1) is 50.5. The van der Waals surface area contributed by atoms with Gasteiger partial charge in [0.15, 0.2) is 25.0 Å². The molecule has 7 fully saturated rings. The summed E-state index contributed by atoms with van der Waals surface area (Å²) in [5.41, 5.74) is -0.458. The van der Waals surface area contributed by atoms with Gasteiger partial charge in [0.05, 0.1) is 24.2 Å². The number of hydrogen-bond donors (Lipinski definition) is 10. The molecule has 0 spiro atoms. The highest BCUT2D eigenvalue weighted by atomic mass is 16.8. The van der Waals surface area contributed by atoms with E-state index in [-0.39, 0.29) is 39.4 Å². The summed E-state index contributed by atoms with van der Waals surface area (Å²) in [7, 11) is 0. The van der Waals surface area contributed by atoms with Crippen LogP contribution in [-0.2, 0) is 38.0 Å². The van der Waals surface area contributed by atoms with E-state index in [1.54, 1.807) is 0 Å². The number of rotatable bonds is 9. The van der Waals surface area contributed by atoms with Crippen molar-refractivity contribution in [2.24, 2.45) is 50.2 Å². The molecule has 5 aliphatic carbocycles. The summed E-state index contributed by atoms with van der Waals surface area (Å²) in [5, 5.41) is 107. The van der Waals surface area contributed by atoms with E-state index < -0.39 is 128 Å². The monoisotopic (exact) mass is 941 g/mol. The number of aliphatic hydroxyl groups is 8. The van der Waals surface area contributed by atoms with E-state index in [9.17, 15) is 60.7 Å². The van der Waals surface area contributed by atoms with Crippen LogP contribution < -0.4 is 0 Å². The Balaban J connectivity index is 1.08. The predicted octanol–water partition coefficient (Wildman–Crippen LogP) is 1.83. The van der Waals surface area contributed by atoms with Gasteiger partial charge < -0.3 is 79.5 Å². The Morgan fingerprint density at radius 1 is 0.667 bits per heavy atom. The zero-order valence-corrected chi connectivity index (χ0v) is 39.6. The van der Waals surface area contributed by atoms with Crippen molar-refractivity contribution in [2.75, 3.05) is 6.61 Å². The molecule has 0 radical (unpaired) electrons. The lowest BCUT2D eigenvalue weighted by Crippen LogP contribution is -2.68. The van der Waals surface area contributed by atoms with Gasteiger partial charge in [0.1, 0.15) is 61.0 Å². The molecular weight excluding hydrogens is 865 g/mol. The maximum absolute atomic E-state index is 13.2. The summed E-state index contributed by atoms with van der Waals surface area (Å²) in [6.07, 6.45) is -16.4. The van der Waals surface area contributed by atoms with Crippen LogP contribution in [0.15, 0.2) is 11.6 Å². The Labute approximate surface area is 386 Å². The minimum Gasteiger partial charge on any atom is -0.481 e. The van der Waals surface area contributed by atoms with E-state index in [2.05, 4.69) is 54.5 Å². The number of aliphatic hydroxyl groups excluding tert-OH is 8. The number of aliphatic carboxylic acids is 2. The molecule has 0 aromatic carbocycles. The van der Waals surface area contributed by atoms with Crippen molar-refractivity contribution < 1.29 is 89.1 Å². The lowest BCUT2D eigenvalue weighted by molar-refractivity contribution is -0.390. The maximum atomic E-state index is 13.2. The molecule has 3 aliphatic heterocycles. The Morgan fingerprint density at radius 2 is 1.29 bits per heavy atom. The summed E-state index contributed by atoms with van der Waals surface area (Å²) in [6, 6.07) is 0. The molecule has 0 unspecified atom stereocenters. The lowest BCUT2D eigenvalue weighted by atomic mass is 9.33. The molecule has 66 heavy (non-hydrogen) atoms. The molecule has 8 aliphatic rings. The van der Waals surface area contributed by atoms with Crippen molar-refractivity contribution in [2.45, 2.75) is 218 Å². The molecule has 10 N–H and O–H groups in total. The van der Waals surface area contributed by atoms with Gasteiger partial charge in [0.25, 0.3) is 0 Å². The SMILES string of the molecule is C[C@@H]1O[C@@H](O[C@H]2[C@H](O)[C@@H](O[C@@H]3O[C@H](CO)[C@H](O)[C@H](O)[C@H]3O)[C@H](O[C@H]3CC[C@]4(C)[C@H]5CC=C6[C@@H]7CC(C)(C)CC[C@]7(C(=O)O)CC[C@@]6(C)[C@]5(C)CC[C@H]4C3(C)C)O[C@@H]2C(=O)O)[C@H](O)[C@H](O)[C@H]1O. The van der Waals surface area contributed by atoms with Crippen molar-refractivity contribution in [3.63, 3.8) is 0 Å². The van der Waals surface area contributed by atoms with Crippen molar-refractivity contribution in [3.8, 4) is 0 Å². The third-order valence-electron chi connectivity index (χ3n) is 19.3. The zero-order chi connectivity index (χ0) is 48.4. The van der Waals surface area contributed by atoms with Gasteiger partial charge in [0, 0.05) is 0 Å². The fourth-order valence-electron chi connectivity index (χ4n) is 15.1. The van der Waals surface area contributed by atoms with E-state index >= 15 is 0 Å².